The highest BCUT2D eigenvalue weighted by atomic mass is 19.1. The average Bonchev–Trinajstić information content (AvgIpc) is 2.85. The first kappa shape index (κ1) is 12.9. The maximum Gasteiger partial charge on any atom is 0.123 e. The van der Waals surface area contributed by atoms with Crippen molar-refractivity contribution < 1.29 is 4.39 Å². The van der Waals surface area contributed by atoms with Crippen molar-refractivity contribution in [1.29, 1.82) is 0 Å². The van der Waals surface area contributed by atoms with E-state index in [9.17, 15) is 4.39 Å². The molecule has 0 unspecified atom stereocenters. The van der Waals surface area contributed by atoms with Crippen LogP contribution in [0.1, 0.15) is 11.1 Å². The third kappa shape index (κ3) is 2.58. The van der Waals surface area contributed by atoms with Crippen LogP contribution in [0.4, 0.5) is 4.39 Å². The molecule has 2 N–H and O–H groups in total. The van der Waals surface area contributed by atoms with Crippen LogP contribution in [0.25, 0.3) is 10.9 Å². The first-order valence-corrected chi connectivity index (χ1v) is 6.78. The van der Waals surface area contributed by atoms with Gasteiger partial charge in [-0.05, 0) is 53.7 Å². The van der Waals surface area contributed by atoms with Gasteiger partial charge in [0.25, 0.3) is 0 Å². The molecular formula is C17H17FN2. The van der Waals surface area contributed by atoms with Crippen LogP contribution in [-0.2, 0) is 13.0 Å². The van der Waals surface area contributed by atoms with Crippen LogP contribution in [0.3, 0.4) is 0 Å². The summed E-state index contributed by atoms with van der Waals surface area (Å²) in [4.78, 5) is 0. The summed E-state index contributed by atoms with van der Waals surface area (Å²) < 4.78 is 15.1. The lowest BCUT2D eigenvalue weighted by Crippen LogP contribution is -2.03. The molecule has 20 heavy (non-hydrogen) atoms. The molecule has 102 valence electrons. The second kappa shape index (κ2) is 5.47. The number of rotatable bonds is 4. The highest BCUT2D eigenvalue weighted by Gasteiger charge is 2.03. The van der Waals surface area contributed by atoms with E-state index < -0.39 is 0 Å². The summed E-state index contributed by atoms with van der Waals surface area (Å²) in [6.45, 7) is 1.40. The Bertz CT molecular complexity index is 713. The zero-order valence-electron chi connectivity index (χ0n) is 11.2. The van der Waals surface area contributed by atoms with Crippen LogP contribution >= 0.6 is 0 Å². The molecule has 3 heteroatoms. The Hall–Kier alpha value is -2.13. The van der Waals surface area contributed by atoms with E-state index in [0.29, 0.717) is 6.54 Å². The molecule has 0 saturated carbocycles. The van der Waals surface area contributed by atoms with E-state index >= 15 is 0 Å². The third-order valence-electron chi connectivity index (χ3n) is 3.54. The quantitative estimate of drug-likeness (QED) is 0.773. The van der Waals surface area contributed by atoms with Crippen molar-refractivity contribution in [3.8, 4) is 0 Å². The van der Waals surface area contributed by atoms with E-state index in [0.717, 1.165) is 18.5 Å². The van der Waals surface area contributed by atoms with E-state index in [2.05, 4.69) is 35.0 Å². The van der Waals surface area contributed by atoms with E-state index in [4.69, 9.17) is 5.73 Å². The Balaban J connectivity index is 1.94. The minimum atomic E-state index is -0.198. The fourth-order valence-corrected chi connectivity index (χ4v) is 2.48. The number of nitrogens with zero attached hydrogens (tertiary/aromatic N) is 1. The predicted molar refractivity (Wildman–Crippen MR) is 80.2 cm³/mol. The van der Waals surface area contributed by atoms with Gasteiger partial charge < -0.3 is 10.3 Å². The van der Waals surface area contributed by atoms with Crippen LogP contribution in [0, 0.1) is 5.82 Å². The molecule has 0 aliphatic rings. The first-order chi connectivity index (χ1) is 9.76. The number of aromatic nitrogens is 1. The zero-order valence-corrected chi connectivity index (χ0v) is 11.2. The van der Waals surface area contributed by atoms with Gasteiger partial charge in [0, 0.05) is 18.3 Å². The number of hydrogen-bond acceptors (Lipinski definition) is 1. The lowest BCUT2D eigenvalue weighted by atomic mass is 10.1. The molecule has 3 aromatic rings. The summed E-state index contributed by atoms with van der Waals surface area (Å²) in [5.41, 5.74) is 9.15. The molecule has 0 spiro atoms. The van der Waals surface area contributed by atoms with Gasteiger partial charge in [0.1, 0.15) is 5.82 Å². The molecular weight excluding hydrogens is 251 g/mol. The molecule has 0 atom stereocenters. The van der Waals surface area contributed by atoms with Crippen molar-refractivity contribution in [2.45, 2.75) is 13.0 Å². The maximum atomic E-state index is 12.9. The van der Waals surface area contributed by atoms with Gasteiger partial charge in [-0.1, -0.05) is 24.3 Å². The summed E-state index contributed by atoms with van der Waals surface area (Å²) in [7, 11) is 0. The van der Waals surface area contributed by atoms with E-state index in [1.54, 1.807) is 0 Å². The smallest absolute Gasteiger partial charge is 0.123 e. The Labute approximate surface area is 117 Å². The zero-order chi connectivity index (χ0) is 13.9. The van der Waals surface area contributed by atoms with E-state index in [-0.39, 0.29) is 5.82 Å². The molecule has 2 nitrogen and oxygen atoms in total. The Kier molecular flexibility index (Phi) is 3.52. The average molecular weight is 268 g/mol. The Morgan fingerprint density at radius 1 is 0.950 bits per heavy atom. The summed E-state index contributed by atoms with van der Waals surface area (Å²) in [5.74, 6) is -0.198. The van der Waals surface area contributed by atoms with Gasteiger partial charge in [0.15, 0.2) is 0 Å². The van der Waals surface area contributed by atoms with Crippen molar-refractivity contribution >= 4 is 10.9 Å². The minimum Gasteiger partial charge on any atom is -0.343 e. The van der Waals surface area contributed by atoms with Crippen LogP contribution in [0.2, 0.25) is 0 Å². The molecule has 0 amide bonds. The highest BCUT2D eigenvalue weighted by Crippen LogP contribution is 2.19. The molecule has 2 aromatic carbocycles. The fourth-order valence-electron chi connectivity index (χ4n) is 2.48. The van der Waals surface area contributed by atoms with Crippen molar-refractivity contribution in [1.82, 2.24) is 4.57 Å². The summed E-state index contributed by atoms with van der Waals surface area (Å²) in [5, 5.41) is 1.22. The number of fused-ring (bicyclic) bond motifs is 1. The summed E-state index contributed by atoms with van der Waals surface area (Å²) in [6, 6.07) is 15.2. The standard InChI is InChI=1S/C17H17FN2/c18-16-5-2-14(3-6-16)12-20-10-8-15-4-1-13(7-9-19)11-17(15)20/h1-6,8,10-11H,7,9,12,19H2. The highest BCUT2D eigenvalue weighted by molar-refractivity contribution is 5.81. The Morgan fingerprint density at radius 2 is 1.70 bits per heavy atom. The third-order valence-corrected chi connectivity index (χ3v) is 3.54. The second-order valence-electron chi connectivity index (χ2n) is 5.00. The monoisotopic (exact) mass is 268 g/mol. The molecule has 0 radical (unpaired) electrons. The van der Waals surface area contributed by atoms with Gasteiger partial charge in [-0.3, -0.25) is 0 Å². The molecule has 0 fully saturated rings. The summed E-state index contributed by atoms with van der Waals surface area (Å²) >= 11 is 0. The number of nitrogens with two attached hydrogens (primary N) is 1. The lowest BCUT2D eigenvalue weighted by Gasteiger charge is -2.07. The topological polar surface area (TPSA) is 30.9 Å². The largest absolute Gasteiger partial charge is 0.343 e. The van der Waals surface area contributed by atoms with Gasteiger partial charge in [0.05, 0.1) is 0 Å². The van der Waals surface area contributed by atoms with Gasteiger partial charge in [-0.15, -0.1) is 0 Å². The van der Waals surface area contributed by atoms with Gasteiger partial charge in [0.2, 0.25) is 0 Å². The van der Waals surface area contributed by atoms with Crippen LogP contribution in [-0.4, -0.2) is 11.1 Å². The Morgan fingerprint density at radius 3 is 2.45 bits per heavy atom. The van der Waals surface area contributed by atoms with Crippen LogP contribution in [0.15, 0.2) is 54.7 Å². The molecule has 0 aliphatic heterocycles. The number of halogens is 1. The minimum absolute atomic E-state index is 0.198. The second-order valence-corrected chi connectivity index (χ2v) is 5.00. The lowest BCUT2D eigenvalue weighted by molar-refractivity contribution is 0.626. The van der Waals surface area contributed by atoms with Crippen LogP contribution < -0.4 is 5.73 Å². The van der Waals surface area contributed by atoms with Crippen LogP contribution in [0.5, 0.6) is 0 Å². The SMILES string of the molecule is NCCc1ccc2ccn(Cc3ccc(F)cc3)c2c1. The van der Waals surface area contributed by atoms with E-state index in [1.165, 1.54) is 28.6 Å². The molecule has 0 bridgehead atoms. The summed E-state index contributed by atoms with van der Waals surface area (Å²) in [6.07, 6.45) is 2.96. The molecule has 3 rings (SSSR count). The molecule has 1 aromatic heterocycles. The van der Waals surface area contributed by atoms with Crippen molar-refractivity contribution in [3.63, 3.8) is 0 Å². The van der Waals surface area contributed by atoms with E-state index in [1.807, 2.05) is 12.1 Å². The first-order valence-electron chi connectivity index (χ1n) is 6.78. The number of benzene rings is 2. The van der Waals surface area contributed by atoms with Gasteiger partial charge in [-0.25, -0.2) is 4.39 Å². The molecule has 0 aliphatic carbocycles. The van der Waals surface area contributed by atoms with Crippen molar-refractivity contribution in [2.75, 3.05) is 6.54 Å². The molecule has 0 saturated heterocycles. The van der Waals surface area contributed by atoms with Gasteiger partial charge >= 0.3 is 0 Å². The number of hydrogen-bond donors (Lipinski definition) is 1. The van der Waals surface area contributed by atoms with Crippen molar-refractivity contribution in [2.24, 2.45) is 5.73 Å². The molecule has 1 heterocycles. The maximum absolute atomic E-state index is 12.9. The predicted octanol–water partition coefficient (Wildman–Crippen LogP) is 3.33. The fraction of sp³-hybridized carbons (Fsp3) is 0.176. The van der Waals surface area contributed by atoms with Gasteiger partial charge in [-0.2, -0.15) is 0 Å². The normalized spacial score (nSPS) is 11.1. The van der Waals surface area contributed by atoms with Crippen molar-refractivity contribution in [3.05, 3.63) is 71.7 Å².